The van der Waals surface area contributed by atoms with Gasteiger partial charge in [-0.25, -0.2) is 0 Å². The molecule has 0 saturated carbocycles. The van der Waals surface area contributed by atoms with Gasteiger partial charge in [0.05, 0.1) is 11.1 Å². The number of fused-ring (bicyclic) bond motifs is 10. The first-order valence-electron chi connectivity index (χ1n) is 21.0. The predicted octanol–water partition coefficient (Wildman–Crippen LogP) is 15.8. The summed E-state index contributed by atoms with van der Waals surface area (Å²) in [6.45, 7) is 0. The number of rotatable bonds is 6. The molecule has 0 fully saturated rings. The van der Waals surface area contributed by atoms with Crippen molar-refractivity contribution in [2.75, 3.05) is 4.90 Å². The number of benzene rings is 10. The molecule has 0 radical (unpaired) electrons. The van der Waals surface area contributed by atoms with E-state index in [0.29, 0.717) is 0 Å². The highest BCUT2D eigenvalue weighted by Crippen LogP contribution is 2.63. The Kier molecular flexibility index (Phi) is 8.11. The minimum absolute atomic E-state index is 0.576. The maximum Gasteiger partial charge on any atom is 0.132 e. The largest absolute Gasteiger partial charge is 0.457 e. The van der Waals surface area contributed by atoms with Gasteiger partial charge in [0.15, 0.2) is 0 Å². The highest BCUT2D eigenvalue weighted by atomic mass is 16.5. The van der Waals surface area contributed by atoms with E-state index in [0.717, 1.165) is 45.3 Å². The Morgan fingerprint density at radius 1 is 0.295 bits per heavy atom. The molecule has 0 N–H and O–H groups in total. The summed E-state index contributed by atoms with van der Waals surface area (Å²) in [6, 6.07) is 85.9. The van der Waals surface area contributed by atoms with E-state index in [1.54, 1.807) is 0 Å². The van der Waals surface area contributed by atoms with Crippen LogP contribution in [0.1, 0.15) is 22.3 Å². The Morgan fingerprint density at radius 3 is 1.57 bits per heavy atom. The molecule has 0 saturated heterocycles. The quantitative estimate of drug-likeness (QED) is 0.167. The van der Waals surface area contributed by atoms with Crippen LogP contribution in [0.2, 0.25) is 0 Å². The zero-order valence-corrected chi connectivity index (χ0v) is 33.4. The number of nitrogens with zero attached hydrogens (tertiary/aromatic N) is 1. The van der Waals surface area contributed by atoms with Crippen molar-refractivity contribution in [1.29, 1.82) is 0 Å². The summed E-state index contributed by atoms with van der Waals surface area (Å²) in [6.07, 6.45) is 0. The first kappa shape index (κ1) is 35.0. The minimum atomic E-state index is -0.576. The average Bonchev–Trinajstić information content (AvgIpc) is 3.62. The molecule has 1 heterocycles. The lowest BCUT2D eigenvalue weighted by atomic mass is 9.66. The number of hydrogen-bond donors (Lipinski definition) is 0. The van der Waals surface area contributed by atoms with E-state index in [1.807, 2.05) is 0 Å². The Morgan fingerprint density at radius 2 is 0.836 bits per heavy atom. The van der Waals surface area contributed by atoms with Gasteiger partial charge in [0.25, 0.3) is 0 Å². The summed E-state index contributed by atoms with van der Waals surface area (Å²) in [5.74, 6) is 1.79. The maximum atomic E-state index is 6.81. The van der Waals surface area contributed by atoms with Crippen molar-refractivity contribution >= 4 is 27.8 Å². The van der Waals surface area contributed by atoms with E-state index in [2.05, 4.69) is 241 Å². The van der Waals surface area contributed by atoms with Gasteiger partial charge in [0, 0.05) is 28.1 Å². The Balaban J connectivity index is 1.11. The number of para-hydroxylation sites is 1. The van der Waals surface area contributed by atoms with E-state index < -0.39 is 5.41 Å². The topological polar surface area (TPSA) is 12.5 Å². The van der Waals surface area contributed by atoms with Gasteiger partial charge in [0.2, 0.25) is 0 Å². The monoisotopic (exact) mass is 777 g/mol. The second-order valence-corrected chi connectivity index (χ2v) is 16.0. The fourth-order valence-electron chi connectivity index (χ4n) is 9.97. The normalized spacial score (nSPS) is 14.4. The fourth-order valence-corrected chi connectivity index (χ4v) is 9.97. The highest BCUT2D eigenvalue weighted by Gasteiger charge is 2.51. The van der Waals surface area contributed by atoms with Gasteiger partial charge in [-0.2, -0.15) is 0 Å². The summed E-state index contributed by atoms with van der Waals surface area (Å²) < 4.78 is 6.81. The molecule has 0 amide bonds. The van der Waals surface area contributed by atoms with Crippen molar-refractivity contribution in [2.45, 2.75) is 5.41 Å². The summed E-state index contributed by atoms with van der Waals surface area (Å²) in [7, 11) is 0. The van der Waals surface area contributed by atoms with Gasteiger partial charge >= 0.3 is 0 Å². The van der Waals surface area contributed by atoms with Crippen LogP contribution in [0, 0.1) is 0 Å². The second-order valence-electron chi connectivity index (χ2n) is 16.0. The molecule has 61 heavy (non-hydrogen) atoms. The van der Waals surface area contributed by atoms with Crippen molar-refractivity contribution in [2.24, 2.45) is 0 Å². The van der Waals surface area contributed by atoms with Crippen LogP contribution >= 0.6 is 0 Å². The van der Waals surface area contributed by atoms with Crippen molar-refractivity contribution < 1.29 is 4.74 Å². The third-order valence-corrected chi connectivity index (χ3v) is 12.7. The average molecular weight is 778 g/mol. The zero-order chi connectivity index (χ0) is 40.3. The molecule has 0 aromatic heterocycles. The van der Waals surface area contributed by atoms with Crippen molar-refractivity contribution in [3.05, 3.63) is 259 Å². The Hall–Kier alpha value is -7.94. The fraction of sp³-hybridized carbons (Fsp3) is 0.0169. The molecule has 10 aromatic carbocycles. The molecule has 286 valence electrons. The van der Waals surface area contributed by atoms with Crippen molar-refractivity contribution in [3.8, 4) is 56.0 Å². The van der Waals surface area contributed by atoms with E-state index in [1.165, 1.54) is 60.8 Å². The molecule has 1 atom stereocenters. The molecular weight excluding hydrogens is 739 g/mol. The van der Waals surface area contributed by atoms with Gasteiger partial charge in [0.1, 0.15) is 11.5 Å². The molecule has 1 aliphatic heterocycles. The van der Waals surface area contributed by atoms with Crippen LogP contribution in [0.3, 0.4) is 0 Å². The molecular formula is C59H39NO. The third-order valence-electron chi connectivity index (χ3n) is 12.7. The lowest BCUT2D eigenvalue weighted by molar-refractivity contribution is 0.437. The first-order chi connectivity index (χ1) is 30.2. The summed E-state index contributed by atoms with van der Waals surface area (Å²) in [5, 5.41) is 2.36. The lowest BCUT2D eigenvalue weighted by Gasteiger charge is -2.39. The first-order valence-corrected chi connectivity index (χ1v) is 21.0. The van der Waals surface area contributed by atoms with Gasteiger partial charge < -0.3 is 9.64 Å². The van der Waals surface area contributed by atoms with Crippen LogP contribution in [0.15, 0.2) is 237 Å². The van der Waals surface area contributed by atoms with E-state index >= 15 is 0 Å². The van der Waals surface area contributed by atoms with Gasteiger partial charge in [-0.1, -0.05) is 182 Å². The smallest absolute Gasteiger partial charge is 0.132 e. The predicted molar refractivity (Wildman–Crippen MR) is 252 cm³/mol. The Bertz CT molecular complexity index is 3270. The molecule has 2 aliphatic rings. The molecule has 12 rings (SSSR count). The van der Waals surface area contributed by atoms with Gasteiger partial charge in [-0.3, -0.25) is 0 Å². The summed E-state index contributed by atoms with van der Waals surface area (Å²) in [5.41, 5.74) is 17.1. The van der Waals surface area contributed by atoms with Crippen LogP contribution in [-0.4, -0.2) is 0 Å². The van der Waals surface area contributed by atoms with Crippen LogP contribution in [-0.2, 0) is 5.41 Å². The molecule has 10 aromatic rings. The van der Waals surface area contributed by atoms with Gasteiger partial charge in [-0.15, -0.1) is 0 Å². The Labute approximate surface area is 356 Å². The number of ether oxygens (including phenoxy) is 1. The van der Waals surface area contributed by atoms with Crippen LogP contribution < -0.4 is 9.64 Å². The zero-order valence-electron chi connectivity index (χ0n) is 33.4. The molecule has 0 bridgehead atoms. The SMILES string of the molecule is c1ccc(-c2ccc(N(c3ccc4c(c3)-c3ccccc3C43c4ccccc4Oc4cc5ccccc5cc43)c3ccc(-c4ccccc4)cc3-c3ccccc3)cc2)cc1. The van der Waals surface area contributed by atoms with Crippen molar-refractivity contribution in [3.63, 3.8) is 0 Å². The van der Waals surface area contributed by atoms with E-state index in [9.17, 15) is 0 Å². The molecule has 1 aliphatic carbocycles. The van der Waals surface area contributed by atoms with Crippen LogP contribution in [0.4, 0.5) is 17.1 Å². The third kappa shape index (κ3) is 5.57. The van der Waals surface area contributed by atoms with E-state index in [4.69, 9.17) is 4.74 Å². The maximum absolute atomic E-state index is 6.81. The van der Waals surface area contributed by atoms with E-state index in [-0.39, 0.29) is 0 Å². The minimum Gasteiger partial charge on any atom is -0.457 e. The number of anilines is 3. The van der Waals surface area contributed by atoms with Crippen molar-refractivity contribution in [1.82, 2.24) is 0 Å². The second kappa shape index (κ2) is 14.1. The molecule has 1 spiro atoms. The summed E-state index contributed by atoms with van der Waals surface area (Å²) >= 11 is 0. The van der Waals surface area contributed by atoms with Crippen LogP contribution in [0.5, 0.6) is 11.5 Å². The molecule has 2 nitrogen and oxygen atoms in total. The summed E-state index contributed by atoms with van der Waals surface area (Å²) in [4.78, 5) is 2.44. The lowest BCUT2D eigenvalue weighted by Crippen LogP contribution is -2.32. The van der Waals surface area contributed by atoms with Gasteiger partial charge in [-0.05, 0) is 115 Å². The highest BCUT2D eigenvalue weighted by molar-refractivity contribution is 5.96. The van der Waals surface area contributed by atoms with Crippen LogP contribution in [0.25, 0.3) is 55.3 Å². The number of hydrogen-bond acceptors (Lipinski definition) is 2. The molecule has 2 heteroatoms. The standard InChI is InChI=1S/C59H39NO/c1-4-16-40(17-5-1)42-28-31-47(32-29-42)60(56-35-30-46(41-18-6-2-7-19-41)36-50(56)43-20-8-3-9-21-43)48-33-34-53-51(39-48)49-24-12-13-25-52(49)59(53)54-26-14-15-27-57(54)61-58-38-45-23-11-10-22-44(45)37-55(58)59/h1-39H. The molecule has 1 unspecified atom stereocenters.